The fraction of sp³-hybridized carbons (Fsp3) is 0.190. The Balaban J connectivity index is 1.59. The number of amides is 1. The van der Waals surface area contributed by atoms with E-state index in [0.717, 1.165) is 35.5 Å². The Bertz CT molecular complexity index is 983. The van der Waals surface area contributed by atoms with Gasteiger partial charge in [0.2, 0.25) is 5.95 Å². The van der Waals surface area contributed by atoms with Crippen LogP contribution in [-0.2, 0) is 6.42 Å². The van der Waals surface area contributed by atoms with Gasteiger partial charge in [0.25, 0.3) is 5.91 Å². The van der Waals surface area contributed by atoms with E-state index < -0.39 is 0 Å². The van der Waals surface area contributed by atoms with Crippen molar-refractivity contribution < 1.29 is 4.79 Å². The summed E-state index contributed by atoms with van der Waals surface area (Å²) in [6.07, 6.45) is 2.60. The Kier molecular flexibility index (Phi) is 4.13. The average molecular weight is 344 g/mol. The third-order valence-electron chi connectivity index (χ3n) is 4.63. The lowest BCUT2D eigenvalue weighted by atomic mass is 10.1. The topological polar surface area (TPSA) is 58.1 Å². The lowest BCUT2D eigenvalue weighted by Crippen LogP contribution is -2.20. The van der Waals surface area contributed by atoms with Crippen LogP contribution in [0.2, 0.25) is 0 Å². The molecule has 4 rings (SSSR count). The zero-order valence-electron chi connectivity index (χ0n) is 14.9. The van der Waals surface area contributed by atoms with Crippen molar-refractivity contribution in [3.63, 3.8) is 0 Å². The number of aromatic nitrogens is 2. The van der Waals surface area contributed by atoms with E-state index in [0.29, 0.717) is 11.6 Å². The molecule has 26 heavy (non-hydrogen) atoms. The van der Waals surface area contributed by atoms with Crippen LogP contribution >= 0.6 is 0 Å². The van der Waals surface area contributed by atoms with Crippen LogP contribution in [0.3, 0.4) is 0 Å². The fourth-order valence-corrected chi connectivity index (χ4v) is 3.29. The maximum Gasteiger partial charge on any atom is 0.274 e. The van der Waals surface area contributed by atoms with Gasteiger partial charge in [-0.2, -0.15) is 0 Å². The number of para-hydroxylation sites is 1. The maximum atomic E-state index is 12.6. The molecule has 1 aromatic heterocycles. The number of benzene rings is 2. The highest BCUT2D eigenvalue weighted by Gasteiger charge is 2.22. The molecule has 0 bridgehead atoms. The molecule has 2 heterocycles. The van der Waals surface area contributed by atoms with Crippen molar-refractivity contribution in [2.45, 2.75) is 20.3 Å². The van der Waals surface area contributed by atoms with Crippen LogP contribution in [0.5, 0.6) is 0 Å². The predicted molar refractivity (Wildman–Crippen MR) is 103 cm³/mol. The van der Waals surface area contributed by atoms with E-state index in [-0.39, 0.29) is 5.91 Å². The summed E-state index contributed by atoms with van der Waals surface area (Å²) >= 11 is 0. The molecule has 3 aromatic rings. The van der Waals surface area contributed by atoms with Gasteiger partial charge in [0.15, 0.2) is 0 Å². The van der Waals surface area contributed by atoms with Gasteiger partial charge in [0, 0.05) is 24.1 Å². The molecule has 0 unspecified atom stereocenters. The van der Waals surface area contributed by atoms with Gasteiger partial charge in [-0.15, -0.1) is 0 Å². The van der Waals surface area contributed by atoms with E-state index in [2.05, 4.69) is 32.3 Å². The molecule has 2 aromatic carbocycles. The van der Waals surface area contributed by atoms with Crippen LogP contribution in [0.25, 0.3) is 0 Å². The van der Waals surface area contributed by atoms with Crippen LogP contribution in [0, 0.1) is 13.8 Å². The third-order valence-corrected chi connectivity index (χ3v) is 4.63. The minimum atomic E-state index is -0.229. The second-order valence-corrected chi connectivity index (χ2v) is 6.54. The molecule has 0 spiro atoms. The van der Waals surface area contributed by atoms with Crippen LogP contribution < -0.4 is 10.2 Å². The van der Waals surface area contributed by atoms with Gasteiger partial charge < -0.3 is 10.2 Å². The Morgan fingerprint density at radius 3 is 2.81 bits per heavy atom. The summed E-state index contributed by atoms with van der Waals surface area (Å²) in [6.45, 7) is 4.83. The summed E-state index contributed by atoms with van der Waals surface area (Å²) in [6, 6.07) is 15.8. The monoisotopic (exact) mass is 344 g/mol. The van der Waals surface area contributed by atoms with Crippen LogP contribution in [-0.4, -0.2) is 22.4 Å². The standard InChI is InChI=1S/C21H20N4O/c1-14-7-8-17(15(2)13-14)23-20(26)18-9-11-22-21(24-18)25-12-10-16-5-3-4-6-19(16)25/h3-9,11,13H,10,12H2,1-2H3,(H,23,26). The number of carbonyl (C=O) groups excluding carboxylic acids is 1. The minimum Gasteiger partial charge on any atom is -0.320 e. The van der Waals surface area contributed by atoms with Crippen molar-refractivity contribution >= 4 is 23.2 Å². The van der Waals surface area contributed by atoms with Crippen molar-refractivity contribution in [2.75, 3.05) is 16.8 Å². The molecular weight excluding hydrogens is 324 g/mol. The molecule has 0 saturated carbocycles. The van der Waals surface area contributed by atoms with E-state index >= 15 is 0 Å². The first kappa shape index (κ1) is 16.3. The first-order valence-corrected chi connectivity index (χ1v) is 8.69. The number of fused-ring (bicyclic) bond motifs is 1. The first-order valence-electron chi connectivity index (χ1n) is 8.69. The molecule has 1 aliphatic heterocycles. The zero-order chi connectivity index (χ0) is 18.1. The molecule has 130 valence electrons. The quantitative estimate of drug-likeness (QED) is 0.779. The molecule has 0 atom stereocenters. The summed E-state index contributed by atoms with van der Waals surface area (Å²) < 4.78 is 0. The summed E-state index contributed by atoms with van der Waals surface area (Å²) in [4.78, 5) is 23.6. The normalized spacial score (nSPS) is 12.8. The van der Waals surface area contributed by atoms with Gasteiger partial charge in [0.1, 0.15) is 5.69 Å². The van der Waals surface area contributed by atoms with Crippen molar-refractivity contribution in [3.8, 4) is 0 Å². The van der Waals surface area contributed by atoms with E-state index in [9.17, 15) is 4.79 Å². The number of anilines is 3. The van der Waals surface area contributed by atoms with E-state index in [1.54, 1.807) is 12.3 Å². The van der Waals surface area contributed by atoms with E-state index in [4.69, 9.17) is 0 Å². The molecule has 5 nitrogen and oxygen atoms in total. The van der Waals surface area contributed by atoms with Crippen LogP contribution in [0.15, 0.2) is 54.7 Å². The number of hydrogen-bond acceptors (Lipinski definition) is 4. The molecule has 1 N–H and O–H groups in total. The summed E-state index contributed by atoms with van der Waals surface area (Å²) in [5, 5.41) is 2.94. The molecule has 0 aliphatic carbocycles. The van der Waals surface area contributed by atoms with Gasteiger partial charge in [0.05, 0.1) is 0 Å². The Hall–Kier alpha value is -3.21. The second-order valence-electron chi connectivity index (χ2n) is 6.54. The number of nitrogens with one attached hydrogen (secondary N) is 1. The number of nitrogens with zero attached hydrogens (tertiary/aromatic N) is 3. The van der Waals surface area contributed by atoms with Gasteiger partial charge in [-0.25, -0.2) is 9.97 Å². The number of aryl methyl sites for hydroxylation is 2. The molecule has 1 aliphatic rings. The van der Waals surface area contributed by atoms with Crippen LogP contribution in [0.1, 0.15) is 27.2 Å². The molecule has 5 heteroatoms. The van der Waals surface area contributed by atoms with Crippen molar-refractivity contribution in [2.24, 2.45) is 0 Å². The largest absolute Gasteiger partial charge is 0.320 e. The van der Waals surface area contributed by atoms with Gasteiger partial charge in [-0.1, -0.05) is 35.9 Å². The van der Waals surface area contributed by atoms with Gasteiger partial charge in [-0.3, -0.25) is 4.79 Å². The SMILES string of the molecule is Cc1ccc(NC(=O)c2ccnc(N3CCc4ccccc43)n2)c(C)c1. The van der Waals surface area contributed by atoms with Crippen molar-refractivity contribution in [1.82, 2.24) is 9.97 Å². The second kappa shape index (κ2) is 6.59. The van der Waals surface area contributed by atoms with Gasteiger partial charge >= 0.3 is 0 Å². The lowest BCUT2D eigenvalue weighted by molar-refractivity contribution is 0.102. The zero-order valence-corrected chi connectivity index (χ0v) is 14.9. The first-order chi connectivity index (χ1) is 12.6. The van der Waals surface area contributed by atoms with Crippen LogP contribution in [0.4, 0.5) is 17.3 Å². The van der Waals surface area contributed by atoms with E-state index in [1.807, 2.05) is 44.2 Å². The Labute approximate surface area is 152 Å². The van der Waals surface area contributed by atoms with Crippen molar-refractivity contribution in [3.05, 3.63) is 77.1 Å². The van der Waals surface area contributed by atoms with Crippen molar-refractivity contribution in [1.29, 1.82) is 0 Å². The molecular formula is C21H20N4O. The fourth-order valence-electron chi connectivity index (χ4n) is 3.29. The number of rotatable bonds is 3. The molecule has 1 amide bonds. The Morgan fingerprint density at radius 1 is 1.12 bits per heavy atom. The molecule has 0 radical (unpaired) electrons. The highest BCUT2D eigenvalue weighted by molar-refractivity contribution is 6.03. The molecule has 0 fully saturated rings. The highest BCUT2D eigenvalue weighted by Crippen LogP contribution is 2.32. The summed E-state index contributed by atoms with van der Waals surface area (Å²) in [5.74, 6) is 0.330. The maximum absolute atomic E-state index is 12.6. The predicted octanol–water partition coefficient (Wildman–Crippen LogP) is 4.04. The number of carbonyl (C=O) groups is 1. The summed E-state index contributed by atoms with van der Waals surface area (Å²) in [5.41, 5.74) is 5.74. The lowest BCUT2D eigenvalue weighted by Gasteiger charge is -2.17. The third kappa shape index (κ3) is 3.04. The summed E-state index contributed by atoms with van der Waals surface area (Å²) in [7, 11) is 0. The number of hydrogen-bond donors (Lipinski definition) is 1. The smallest absolute Gasteiger partial charge is 0.274 e. The Morgan fingerprint density at radius 2 is 1.96 bits per heavy atom. The average Bonchev–Trinajstić information content (AvgIpc) is 3.08. The highest BCUT2D eigenvalue weighted by atomic mass is 16.1. The minimum absolute atomic E-state index is 0.229. The van der Waals surface area contributed by atoms with E-state index in [1.165, 1.54) is 5.56 Å². The van der Waals surface area contributed by atoms with Gasteiger partial charge in [-0.05, 0) is 49.6 Å². The molecule has 0 saturated heterocycles.